The molecule has 0 radical (unpaired) electrons. The molecule has 0 aliphatic heterocycles. The van der Waals surface area contributed by atoms with Crippen LogP contribution in [0.3, 0.4) is 0 Å². The molecule has 0 fully saturated rings. The van der Waals surface area contributed by atoms with Crippen molar-refractivity contribution in [2.45, 2.75) is 12.5 Å². The molecule has 1 amide bonds. The third kappa shape index (κ3) is 5.80. The summed E-state index contributed by atoms with van der Waals surface area (Å²) in [5.74, 6) is -0.547. The Morgan fingerprint density at radius 1 is 1.07 bits per heavy atom. The number of hydrogen-bond acceptors (Lipinski definition) is 6. The standard InChI is InChI=1S/C17H19N6O4P/c24-16(19-17-20-22-23-21-17)15(18-11-28(25,26)27)10-12-6-8-14(9-7-12)13-4-2-1-3-5-13/h1-9,15,18H,10-11H2,(H2,25,26,27)(H2,19,20,21,22,23,24)/t15-/m0/s1. The second-order valence-corrected chi connectivity index (χ2v) is 7.72. The van der Waals surface area contributed by atoms with Crippen LogP contribution in [0.5, 0.6) is 0 Å². The monoisotopic (exact) mass is 402 g/mol. The van der Waals surface area contributed by atoms with Crippen LogP contribution in [-0.2, 0) is 15.8 Å². The van der Waals surface area contributed by atoms with E-state index in [2.05, 4.69) is 31.3 Å². The van der Waals surface area contributed by atoms with Gasteiger partial charge in [-0.1, -0.05) is 59.7 Å². The number of rotatable bonds is 8. The number of benzene rings is 2. The summed E-state index contributed by atoms with van der Waals surface area (Å²) < 4.78 is 11.2. The topological polar surface area (TPSA) is 153 Å². The van der Waals surface area contributed by atoms with E-state index in [4.69, 9.17) is 9.79 Å². The van der Waals surface area contributed by atoms with Gasteiger partial charge in [-0.25, -0.2) is 0 Å². The van der Waals surface area contributed by atoms with E-state index in [0.717, 1.165) is 16.7 Å². The Morgan fingerprint density at radius 2 is 1.75 bits per heavy atom. The number of hydrogen-bond donors (Lipinski definition) is 5. The molecule has 0 bridgehead atoms. The van der Waals surface area contributed by atoms with Gasteiger partial charge in [0.1, 0.15) is 0 Å². The van der Waals surface area contributed by atoms with Gasteiger partial charge in [0, 0.05) is 0 Å². The number of H-pyrrole nitrogens is 1. The summed E-state index contributed by atoms with van der Waals surface area (Å²) in [7, 11) is -4.32. The molecule has 0 spiro atoms. The highest BCUT2D eigenvalue weighted by molar-refractivity contribution is 7.51. The average molecular weight is 402 g/mol. The van der Waals surface area contributed by atoms with Crippen LogP contribution in [-0.4, -0.2) is 48.6 Å². The van der Waals surface area contributed by atoms with Crippen LogP contribution in [0.4, 0.5) is 5.95 Å². The first-order chi connectivity index (χ1) is 13.4. The van der Waals surface area contributed by atoms with E-state index in [1.165, 1.54) is 0 Å². The van der Waals surface area contributed by atoms with Crippen molar-refractivity contribution in [2.75, 3.05) is 11.6 Å². The highest BCUT2D eigenvalue weighted by Gasteiger charge is 2.23. The molecule has 0 aliphatic rings. The van der Waals surface area contributed by atoms with Crippen molar-refractivity contribution in [2.24, 2.45) is 0 Å². The minimum Gasteiger partial charge on any atom is -0.324 e. The zero-order chi connectivity index (χ0) is 20.0. The average Bonchev–Trinajstić information content (AvgIpc) is 3.18. The van der Waals surface area contributed by atoms with E-state index >= 15 is 0 Å². The number of aromatic nitrogens is 4. The number of aromatic amines is 1. The smallest absolute Gasteiger partial charge is 0.324 e. The molecule has 1 heterocycles. The maximum absolute atomic E-state index is 12.5. The molecule has 5 N–H and O–H groups in total. The predicted molar refractivity (Wildman–Crippen MR) is 102 cm³/mol. The Labute approximate surface area is 160 Å². The molecule has 10 nitrogen and oxygen atoms in total. The zero-order valence-electron chi connectivity index (χ0n) is 14.7. The fourth-order valence-electron chi connectivity index (χ4n) is 2.60. The molecule has 1 atom stereocenters. The van der Waals surface area contributed by atoms with Gasteiger partial charge in [-0.2, -0.15) is 5.21 Å². The minimum absolute atomic E-state index is 0.0209. The van der Waals surface area contributed by atoms with Gasteiger partial charge < -0.3 is 9.79 Å². The summed E-state index contributed by atoms with van der Waals surface area (Å²) in [5.41, 5.74) is 2.92. The quantitative estimate of drug-likeness (QED) is 0.352. The number of nitrogens with one attached hydrogen (secondary N) is 3. The van der Waals surface area contributed by atoms with Gasteiger partial charge in [0.05, 0.1) is 12.3 Å². The Kier molecular flexibility index (Phi) is 6.27. The van der Waals surface area contributed by atoms with Crippen LogP contribution < -0.4 is 10.6 Å². The maximum atomic E-state index is 12.5. The first kappa shape index (κ1) is 19.8. The third-order valence-electron chi connectivity index (χ3n) is 3.94. The third-order valence-corrected chi connectivity index (χ3v) is 4.54. The second-order valence-electron chi connectivity index (χ2n) is 6.07. The molecule has 146 valence electrons. The predicted octanol–water partition coefficient (Wildman–Crippen LogP) is 1.14. The van der Waals surface area contributed by atoms with Gasteiger partial charge in [0.25, 0.3) is 5.95 Å². The fraction of sp³-hybridized carbons (Fsp3) is 0.176. The van der Waals surface area contributed by atoms with Gasteiger partial charge in [-0.3, -0.25) is 20.0 Å². The summed E-state index contributed by atoms with van der Waals surface area (Å²) in [6.45, 7) is 0. The zero-order valence-corrected chi connectivity index (χ0v) is 15.6. The molecule has 3 rings (SSSR count). The van der Waals surface area contributed by atoms with E-state index in [0.29, 0.717) is 0 Å². The van der Waals surface area contributed by atoms with Gasteiger partial charge in [0.15, 0.2) is 0 Å². The lowest BCUT2D eigenvalue weighted by molar-refractivity contribution is -0.118. The van der Waals surface area contributed by atoms with Gasteiger partial charge in [-0.15, -0.1) is 5.10 Å². The summed E-state index contributed by atoms with van der Waals surface area (Å²) in [6, 6.07) is 16.6. The molecule has 0 saturated carbocycles. The van der Waals surface area contributed by atoms with Gasteiger partial charge in [-0.05, 0) is 28.3 Å². The molecule has 2 aromatic carbocycles. The Hall–Kier alpha value is -2.91. The van der Waals surface area contributed by atoms with Crippen LogP contribution in [0.25, 0.3) is 11.1 Å². The second kappa shape index (κ2) is 8.85. The number of tetrazole rings is 1. The first-order valence-corrected chi connectivity index (χ1v) is 10.2. The number of carbonyl (C=O) groups excluding carboxylic acids is 1. The Morgan fingerprint density at radius 3 is 2.36 bits per heavy atom. The van der Waals surface area contributed by atoms with Crippen molar-refractivity contribution in [3.63, 3.8) is 0 Å². The van der Waals surface area contributed by atoms with Crippen molar-refractivity contribution >= 4 is 19.5 Å². The lowest BCUT2D eigenvalue weighted by Gasteiger charge is -2.18. The lowest BCUT2D eigenvalue weighted by atomic mass is 10.0. The highest BCUT2D eigenvalue weighted by atomic mass is 31.2. The molecule has 0 aliphatic carbocycles. The molecule has 1 aromatic heterocycles. The summed E-state index contributed by atoms with van der Waals surface area (Å²) in [6.07, 6.45) is -0.405. The Bertz CT molecular complexity index is 944. The van der Waals surface area contributed by atoms with E-state index in [9.17, 15) is 9.36 Å². The number of nitrogens with zero attached hydrogens (tertiary/aromatic N) is 3. The normalized spacial score (nSPS) is 12.5. The fourth-order valence-corrected chi connectivity index (χ4v) is 3.06. The van der Waals surface area contributed by atoms with Crippen molar-refractivity contribution < 1.29 is 19.1 Å². The molecule has 0 unspecified atom stereocenters. The first-order valence-electron chi connectivity index (χ1n) is 8.37. The van der Waals surface area contributed by atoms with E-state index in [1.807, 2.05) is 54.6 Å². The van der Waals surface area contributed by atoms with Crippen molar-refractivity contribution in [3.05, 3.63) is 60.2 Å². The van der Waals surface area contributed by atoms with Crippen LogP contribution in [0.2, 0.25) is 0 Å². The van der Waals surface area contributed by atoms with Gasteiger partial charge >= 0.3 is 7.60 Å². The number of anilines is 1. The molecular weight excluding hydrogens is 383 g/mol. The summed E-state index contributed by atoms with van der Waals surface area (Å²) in [5, 5.41) is 17.9. The van der Waals surface area contributed by atoms with Crippen LogP contribution in [0, 0.1) is 0 Å². The van der Waals surface area contributed by atoms with Crippen LogP contribution in [0.1, 0.15) is 5.56 Å². The minimum atomic E-state index is -4.32. The number of carbonyl (C=O) groups is 1. The van der Waals surface area contributed by atoms with Crippen LogP contribution in [0.15, 0.2) is 54.6 Å². The largest absolute Gasteiger partial charge is 0.339 e. The molecular formula is C17H19N6O4P. The van der Waals surface area contributed by atoms with E-state index in [-0.39, 0.29) is 12.4 Å². The van der Waals surface area contributed by atoms with E-state index in [1.54, 1.807) is 0 Å². The van der Waals surface area contributed by atoms with E-state index < -0.39 is 25.8 Å². The van der Waals surface area contributed by atoms with Crippen molar-refractivity contribution in [3.8, 4) is 11.1 Å². The molecule has 3 aromatic rings. The number of amides is 1. The molecule has 11 heteroatoms. The van der Waals surface area contributed by atoms with Gasteiger partial charge in [0.2, 0.25) is 5.91 Å². The maximum Gasteiger partial charge on any atom is 0.339 e. The Balaban J connectivity index is 1.72. The SMILES string of the molecule is O=C(Nc1nn[nH]n1)[C@H](Cc1ccc(-c2ccccc2)cc1)NCP(=O)(O)O. The lowest BCUT2D eigenvalue weighted by Crippen LogP contribution is -2.42. The highest BCUT2D eigenvalue weighted by Crippen LogP contribution is 2.32. The van der Waals surface area contributed by atoms with Crippen molar-refractivity contribution in [1.29, 1.82) is 0 Å². The van der Waals surface area contributed by atoms with Crippen molar-refractivity contribution in [1.82, 2.24) is 25.9 Å². The summed E-state index contributed by atoms with van der Waals surface area (Å²) in [4.78, 5) is 30.7. The molecule has 28 heavy (non-hydrogen) atoms. The van der Waals surface area contributed by atoms with Crippen LogP contribution >= 0.6 is 7.60 Å². The summed E-state index contributed by atoms with van der Waals surface area (Å²) >= 11 is 0. The molecule has 0 saturated heterocycles.